The molecular weight excluding hydrogens is 216 g/mol. The smallest absolute Gasteiger partial charge is 0.0120 e. The Morgan fingerprint density at radius 1 is 0.667 bits per heavy atom. The third kappa shape index (κ3) is 2.70. The minimum Gasteiger partial charge on any atom is -0.0623 e. The van der Waals surface area contributed by atoms with Gasteiger partial charge in [-0.1, -0.05) is 80.1 Å². The SMILES string of the molecule is CCC(CC)=C(c1ccccc1)c1ccccc1. The fourth-order valence-electron chi connectivity index (χ4n) is 2.39. The second kappa shape index (κ2) is 6.20. The van der Waals surface area contributed by atoms with Crippen LogP contribution in [0.25, 0.3) is 5.57 Å². The van der Waals surface area contributed by atoms with Crippen LogP contribution >= 0.6 is 0 Å². The molecule has 0 aliphatic heterocycles. The molecule has 2 rings (SSSR count). The van der Waals surface area contributed by atoms with Crippen LogP contribution in [0.5, 0.6) is 0 Å². The molecule has 2 aromatic rings. The van der Waals surface area contributed by atoms with Gasteiger partial charge in [-0.05, 0) is 29.5 Å². The van der Waals surface area contributed by atoms with Gasteiger partial charge in [0, 0.05) is 0 Å². The van der Waals surface area contributed by atoms with Gasteiger partial charge in [0.1, 0.15) is 0 Å². The van der Waals surface area contributed by atoms with Gasteiger partial charge in [0.05, 0.1) is 0 Å². The molecule has 0 fully saturated rings. The third-order valence-corrected chi connectivity index (χ3v) is 3.33. The van der Waals surface area contributed by atoms with Crippen molar-refractivity contribution in [1.82, 2.24) is 0 Å². The highest BCUT2D eigenvalue weighted by Gasteiger charge is 2.08. The highest BCUT2D eigenvalue weighted by Crippen LogP contribution is 2.29. The lowest BCUT2D eigenvalue weighted by molar-refractivity contribution is 0.981. The van der Waals surface area contributed by atoms with Gasteiger partial charge in [-0.15, -0.1) is 0 Å². The first-order valence-corrected chi connectivity index (χ1v) is 6.69. The summed E-state index contributed by atoms with van der Waals surface area (Å²) in [5.41, 5.74) is 5.57. The minimum atomic E-state index is 1.11. The van der Waals surface area contributed by atoms with E-state index >= 15 is 0 Å². The molecule has 0 bridgehead atoms. The maximum Gasteiger partial charge on any atom is -0.0120 e. The lowest BCUT2D eigenvalue weighted by atomic mass is 9.91. The summed E-state index contributed by atoms with van der Waals surface area (Å²) in [7, 11) is 0. The van der Waals surface area contributed by atoms with Crippen molar-refractivity contribution < 1.29 is 0 Å². The normalized spacial score (nSPS) is 10.1. The first-order valence-electron chi connectivity index (χ1n) is 6.69. The molecule has 0 aliphatic carbocycles. The van der Waals surface area contributed by atoms with Crippen LogP contribution in [0.4, 0.5) is 0 Å². The van der Waals surface area contributed by atoms with Gasteiger partial charge in [-0.25, -0.2) is 0 Å². The zero-order valence-corrected chi connectivity index (χ0v) is 11.2. The first-order chi connectivity index (χ1) is 8.86. The van der Waals surface area contributed by atoms with Gasteiger partial charge in [0.2, 0.25) is 0 Å². The average Bonchev–Trinajstić information content (AvgIpc) is 2.46. The highest BCUT2D eigenvalue weighted by molar-refractivity contribution is 5.82. The summed E-state index contributed by atoms with van der Waals surface area (Å²) in [6.45, 7) is 4.48. The Kier molecular flexibility index (Phi) is 4.35. The van der Waals surface area contributed by atoms with Crippen molar-refractivity contribution >= 4 is 5.57 Å². The molecular formula is C18H20. The van der Waals surface area contributed by atoms with Crippen molar-refractivity contribution in [2.45, 2.75) is 26.7 Å². The fourth-order valence-corrected chi connectivity index (χ4v) is 2.39. The van der Waals surface area contributed by atoms with Crippen LogP contribution in [0.1, 0.15) is 37.8 Å². The standard InChI is InChI=1S/C18H20/c1-3-15(4-2)18(16-11-7-5-8-12-16)17-13-9-6-10-14-17/h5-14H,3-4H2,1-2H3. The highest BCUT2D eigenvalue weighted by atomic mass is 14.1. The van der Waals surface area contributed by atoms with E-state index in [1.54, 1.807) is 0 Å². The molecule has 0 spiro atoms. The van der Waals surface area contributed by atoms with Crippen molar-refractivity contribution in [2.75, 3.05) is 0 Å². The van der Waals surface area contributed by atoms with Gasteiger partial charge in [0.25, 0.3) is 0 Å². The minimum absolute atomic E-state index is 1.11. The van der Waals surface area contributed by atoms with E-state index in [4.69, 9.17) is 0 Å². The number of rotatable bonds is 4. The van der Waals surface area contributed by atoms with E-state index in [1.807, 2.05) is 0 Å². The Labute approximate surface area is 110 Å². The van der Waals surface area contributed by atoms with E-state index in [0.717, 1.165) is 12.8 Å². The van der Waals surface area contributed by atoms with E-state index < -0.39 is 0 Å². The quantitative estimate of drug-likeness (QED) is 0.675. The molecule has 0 radical (unpaired) electrons. The maximum absolute atomic E-state index is 2.24. The Bertz CT molecular complexity index is 459. The topological polar surface area (TPSA) is 0 Å². The second-order valence-electron chi connectivity index (χ2n) is 4.42. The Morgan fingerprint density at radius 2 is 1.06 bits per heavy atom. The largest absolute Gasteiger partial charge is 0.0623 e. The van der Waals surface area contributed by atoms with Crippen LogP contribution in [0, 0.1) is 0 Å². The summed E-state index contributed by atoms with van der Waals surface area (Å²) < 4.78 is 0. The zero-order chi connectivity index (χ0) is 12.8. The molecule has 92 valence electrons. The molecule has 0 saturated heterocycles. The summed E-state index contributed by atoms with van der Waals surface area (Å²) >= 11 is 0. The second-order valence-corrected chi connectivity index (χ2v) is 4.42. The van der Waals surface area contributed by atoms with Gasteiger partial charge in [-0.3, -0.25) is 0 Å². The molecule has 0 heterocycles. The zero-order valence-electron chi connectivity index (χ0n) is 11.2. The molecule has 2 aromatic carbocycles. The number of hydrogen-bond acceptors (Lipinski definition) is 0. The van der Waals surface area contributed by atoms with E-state index in [2.05, 4.69) is 74.5 Å². The Balaban J connectivity index is 2.59. The van der Waals surface area contributed by atoms with Crippen LogP contribution in [0.15, 0.2) is 66.2 Å². The average molecular weight is 236 g/mol. The number of hydrogen-bond donors (Lipinski definition) is 0. The van der Waals surface area contributed by atoms with Crippen LogP contribution in [-0.2, 0) is 0 Å². The van der Waals surface area contributed by atoms with Crippen LogP contribution in [0.3, 0.4) is 0 Å². The van der Waals surface area contributed by atoms with Crippen molar-refractivity contribution in [1.29, 1.82) is 0 Å². The van der Waals surface area contributed by atoms with E-state index in [9.17, 15) is 0 Å². The molecule has 0 aromatic heterocycles. The predicted octanol–water partition coefficient (Wildman–Crippen LogP) is 5.31. The van der Waals surface area contributed by atoms with E-state index in [1.165, 1.54) is 22.3 Å². The van der Waals surface area contributed by atoms with E-state index in [-0.39, 0.29) is 0 Å². The molecule has 0 unspecified atom stereocenters. The Hall–Kier alpha value is -1.82. The third-order valence-electron chi connectivity index (χ3n) is 3.33. The molecule has 18 heavy (non-hydrogen) atoms. The molecule has 0 N–H and O–H groups in total. The Morgan fingerprint density at radius 3 is 1.39 bits per heavy atom. The predicted molar refractivity (Wildman–Crippen MR) is 79.5 cm³/mol. The molecule has 0 aliphatic rings. The number of allylic oxidation sites excluding steroid dienone is 1. The van der Waals surface area contributed by atoms with Crippen LogP contribution < -0.4 is 0 Å². The lowest BCUT2D eigenvalue weighted by Gasteiger charge is -2.14. The molecule has 0 saturated carbocycles. The molecule has 0 atom stereocenters. The van der Waals surface area contributed by atoms with Crippen molar-refractivity contribution in [3.05, 3.63) is 77.4 Å². The first kappa shape index (κ1) is 12.6. The lowest BCUT2D eigenvalue weighted by Crippen LogP contribution is -1.93. The van der Waals surface area contributed by atoms with Gasteiger partial charge in [0.15, 0.2) is 0 Å². The molecule has 0 amide bonds. The maximum atomic E-state index is 2.24. The van der Waals surface area contributed by atoms with Crippen LogP contribution in [-0.4, -0.2) is 0 Å². The van der Waals surface area contributed by atoms with Crippen molar-refractivity contribution in [3.63, 3.8) is 0 Å². The summed E-state index contributed by atoms with van der Waals surface area (Å²) in [6.07, 6.45) is 2.21. The molecule has 0 nitrogen and oxygen atoms in total. The van der Waals surface area contributed by atoms with Crippen molar-refractivity contribution in [2.24, 2.45) is 0 Å². The summed E-state index contributed by atoms with van der Waals surface area (Å²) in [5, 5.41) is 0. The van der Waals surface area contributed by atoms with Gasteiger partial charge < -0.3 is 0 Å². The monoisotopic (exact) mass is 236 g/mol. The van der Waals surface area contributed by atoms with E-state index in [0.29, 0.717) is 0 Å². The van der Waals surface area contributed by atoms with Gasteiger partial charge in [-0.2, -0.15) is 0 Å². The molecule has 0 heteroatoms. The summed E-state index contributed by atoms with van der Waals surface area (Å²) in [5.74, 6) is 0. The number of benzene rings is 2. The van der Waals surface area contributed by atoms with Crippen LogP contribution in [0.2, 0.25) is 0 Å². The van der Waals surface area contributed by atoms with Crippen molar-refractivity contribution in [3.8, 4) is 0 Å². The van der Waals surface area contributed by atoms with Gasteiger partial charge >= 0.3 is 0 Å². The summed E-state index contributed by atoms with van der Waals surface area (Å²) in [4.78, 5) is 0. The fraction of sp³-hybridized carbons (Fsp3) is 0.222. The summed E-state index contributed by atoms with van der Waals surface area (Å²) in [6, 6.07) is 21.4.